The summed E-state index contributed by atoms with van der Waals surface area (Å²) in [4.78, 5) is 36.4. The van der Waals surface area contributed by atoms with Crippen molar-refractivity contribution in [3.63, 3.8) is 0 Å². The number of pyridine rings is 1. The minimum atomic E-state index is -1.32. The Morgan fingerprint density at radius 3 is 2.40 bits per heavy atom. The van der Waals surface area contributed by atoms with Gasteiger partial charge in [0.05, 0.1) is 15.7 Å². The van der Waals surface area contributed by atoms with Crippen LogP contribution in [-0.2, 0) is 6.54 Å². The van der Waals surface area contributed by atoms with Gasteiger partial charge in [-0.25, -0.2) is 19.2 Å². The molecule has 1 aliphatic rings. The molecule has 4 rings (SSSR count). The fraction of sp³-hybridized carbons (Fsp3) is 0.300. The van der Waals surface area contributed by atoms with Crippen LogP contribution in [-0.4, -0.2) is 51.8 Å². The number of carboxylic acids is 1. The molecule has 1 fully saturated rings. The van der Waals surface area contributed by atoms with E-state index in [1.807, 2.05) is 16.7 Å². The van der Waals surface area contributed by atoms with Crippen LogP contribution >= 0.6 is 15.9 Å². The Balaban J connectivity index is 1.66. The maximum absolute atomic E-state index is 14.9. The molecule has 0 spiro atoms. The Morgan fingerprint density at radius 2 is 1.80 bits per heavy atom. The molecule has 2 aromatic heterocycles. The van der Waals surface area contributed by atoms with Gasteiger partial charge in [0, 0.05) is 56.7 Å². The van der Waals surface area contributed by atoms with E-state index < -0.39 is 17.2 Å². The van der Waals surface area contributed by atoms with Crippen LogP contribution in [0.15, 0.2) is 40.0 Å². The number of anilines is 2. The highest BCUT2D eigenvalue weighted by atomic mass is 79.9. The molecule has 3 heterocycles. The molecular formula is C20H19BrFN5O3. The summed E-state index contributed by atoms with van der Waals surface area (Å²) in [6.45, 7) is 4.67. The number of carboxylic acid groups (broad SMARTS) is 1. The molecule has 1 saturated heterocycles. The van der Waals surface area contributed by atoms with Crippen LogP contribution < -0.4 is 15.2 Å². The second-order valence-electron chi connectivity index (χ2n) is 6.96. The summed E-state index contributed by atoms with van der Waals surface area (Å²) in [6.07, 6.45) is 4.69. The normalized spacial score (nSPS) is 14.4. The molecule has 10 heteroatoms. The Labute approximate surface area is 179 Å². The van der Waals surface area contributed by atoms with E-state index in [-0.39, 0.29) is 10.9 Å². The van der Waals surface area contributed by atoms with Crippen molar-refractivity contribution in [1.82, 2.24) is 14.5 Å². The van der Waals surface area contributed by atoms with E-state index in [1.54, 1.807) is 23.0 Å². The topological polar surface area (TPSA) is 91.6 Å². The number of hydrogen-bond donors (Lipinski definition) is 1. The number of fused-ring (bicyclic) bond motifs is 1. The fourth-order valence-electron chi connectivity index (χ4n) is 3.67. The first-order chi connectivity index (χ1) is 14.4. The maximum Gasteiger partial charge on any atom is 0.341 e. The van der Waals surface area contributed by atoms with Gasteiger partial charge in [0.1, 0.15) is 11.4 Å². The minimum absolute atomic E-state index is 0.0694. The lowest BCUT2D eigenvalue weighted by molar-refractivity contribution is 0.0695. The van der Waals surface area contributed by atoms with Crippen molar-refractivity contribution in [2.75, 3.05) is 36.0 Å². The number of piperazine rings is 1. The lowest BCUT2D eigenvalue weighted by Gasteiger charge is -2.36. The van der Waals surface area contributed by atoms with Crippen LogP contribution in [0.4, 0.5) is 16.0 Å². The molecule has 0 aliphatic carbocycles. The summed E-state index contributed by atoms with van der Waals surface area (Å²) in [5.74, 6) is -1.24. The average molecular weight is 476 g/mol. The first-order valence-corrected chi connectivity index (χ1v) is 10.3. The van der Waals surface area contributed by atoms with Crippen LogP contribution in [0.3, 0.4) is 0 Å². The number of halogens is 2. The number of aromatic carboxylic acids is 1. The van der Waals surface area contributed by atoms with Gasteiger partial charge < -0.3 is 19.5 Å². The monoisotopic (exact) mass is 475 g/mol. The lowest BCUT2D eigenvalue weighted by atomic mass is 10.1. The molecule has 0 amide bonds. The minimum Gasteiger partial charge on any atom is -0.477 e. The van der Waals surface area contributed by atoms with Crippen LogP contribution in [0.1, 0.15) is 17.3 Å². The number of hydrogen-bond acceptors (Lipinski definition) is 6. The fourth-order valence-corrected chi connectivity index (χ4v) is 3.88. The number of rotatable bonds is 4. The highest BCUT2D eigenvalue weighted by Crippen LogP contribution is 2.27. The summed E-state index contributed by atoms with van der Waals surface area (Å²) in [6, 6.07) is 2.78. The van der Waals surface area contributed by atoms with Crippen molar-refractivity contribution < 1.29 is 14.3 Å². The van der Waals surface area contributed by atoms with Gasteiger partial charge in [0.25, 0.3) is 0 Å². The van der Waals surface area contributed by atoms with Crippen LogP contribution in [0.25, 0.3) is 10.9 Å². The van der Waals surface area contributed by atoms with Gasteiger partial charge in [-0.2, -0.15) is 0 Å². The lowest BCUT2D eigenvalue weighted by Crippen LogP contribution is -2.47. The molecule has 0 radical (unpaired) electrons. The molecule has 1 aliphatic heterocycles. The number of carbonyl (C=O) groups is 1. The average Bonchev–Trinajstić information content (AvgIpc) is 2.74. The number of nitrogens with zero attached hydrogens (tertiary/aromatic N) is 5. The van der Waals surface area contributed by atoms with Gasteiger partial charge in [-0.1, -0.05) is 0 Å². The third-order valence-corrected chi connectivity index (χ3v) is 5.64. The molecule has 1 aromatic carbocycles. The van der Waals surface area contributed by atoms with Crippen molar-refractivity contribution in [2.24, 2.45) is 0 Å². The van der Waals surface area contributed by atoms with Crippen molar-refractivity contribution in [2.45, 2.75) is 13.5 Å². The van der Waals surface area contributed by atoms with E-state index in [0.717, 1.165) is 10.5 Å². The number of aromatic nitrogens is 3. The highest BCUT2D eigenvalue weighted by Gasteiger charge is 2.23. The first kappa shape index (κ1) is 20.3. The Bertz CT molecular complexity index is 1170. The van der Waals surface area contributed by atoms with Crippen molar-refractivity contribution in [3.8, 4) is 0 Å². The molecule has 0 unspecified atom stereocenters. The van der Waals surface area contributed by atoms with Crippen LogP contribution in [0.2, 0.25) is 0 Å². The van der Waals surface area contributed by atoms with E-state index in [0.29, 0.717) is 49.9 Å². The Hall–Kier alpha value is -3.01. The largest absolute Gasteiger partial charge is 0.477 e. The van der Waals surface area contributed by atoms with E-state index in [4.69, 9.17) is 0 Å². The third kappa shape index (κ3) is 3.62. The summed E-state index contributed by atoms with van der Waals surface area (Å²) >= 11 is 3.32. The highest BCUT2D eigenvalue weighted by molar-refractivity contribution is 9.10. The van der Waals surface area contributed by atoms with Gasteiger partial charge in [-0.05, 0) is 35.0 Å². The molecule has 1 N–H and O–H groups in total. The SMILES string of the molecule is CCn1cc(C(=O)O)c(=O)c2cc(F)c(N3CCN(c4ncc(Br)cn4)CC3)cc21. The molecule has 8 nitrogen and oxygen atoms in total. The molecular weight excluding hydrogens is 457 g/mol. The van der Waals surface area contributed by atoms with E-state index >= 15 is 0 Å². The van der Waals surface area contributed by atoms with Crippen LogP contribution in [0, 0.1) is 5.82 Å². The third-order valence-electron chi connectivity index (χ3n) is 5.23. The van der Waals surface area contributed by atoms with Gasteiger partial charge in [0.15, 0.2) is 0 Å². The summed E-state index contributed by atoms with van der Waals surface area (Å²) in [5, 5.41) is 9.34. The summed E-state index contributed by atoms with van der Waals surface area (Å²) < 4.78 is 17.4. The zero-order chi connectivity index (χ0) is 21.4. The van der Waals surface area contributed by atoms with E-state index in [2.05, 4.69) is 25.9 Å². The molecule has 0 saturated carbocycles. The Morgan fingerprint density at radius 1 is 1.17 bits per heavy atom. The molecule has 0 bridgehead atoms. The van der Waals surface area contributed by atoms with E-state index in [9.17, 15) is 19.1 Å². The maximum atomic E-state index is 14.9. The second-order valence-corrected chi connectivity index (χ2v) is 7.87. The molecule has 156 valence electrons. The quantitative estimate of drug-likeness (QED) is 0.619. The molecule has 30 heavy (non-hydrogen) atoms. The van der Waals surface area contributed by atoms with Crippen molar-refractivity contribution in [1.29, 1.82) is 0 Å². The number of aryl methyl sites for hydroxylation is 1. The standard InChI is InChI=1S/C20H19BrFN5O3/c1-2-25-11-14(19(29)30)18(28)13-7-15(22)17(8-16(13)25)26-3-5-27(6-4-26)20-23-9-12(21)10-24-20/h7-11H,2-6H2,1H3,(H,29,30). The van der Waals surface area contributed by atoms with Gasteiger partial charge >= 0.3 is 5.97 Å². The molecule has 0 atom stereocenters. The predicted molar refractivity (Wildman–Crippen MR) is 115 cm³/mol. The zero-order valence-electron chi connectivity index (χ0n) is 16.2. The van der Waals surface area contributed by atoms with E-state index in [1.165, 1.54) is 6.20 Å². The number of benzene rings is 1. The first-order valence-electron chi connectivity index (χ1n) is 9.46. The van der Waals surface area contributed by atoms with Gasteiger partial charge in [0.2, 0.25) is 11.4 Å². The predicted octanol–water partition coefficient (Wildman–Crippen LogP) is 2.74. The van der Waals surface area contributed by atoms with Gasteiger partial charge in [-0.15, -0.1) is 0 Å². The van der Waals surface area contributed by atoms with Crippen molar-refractivity contribution in [3.05, 3.63) is 56.8 Å². The summed E-state index contributed by atoms with van der Waals surface area (Å²) in [5.41, 5.74) is -0.129. The smallest absolute Gasteiger partial charge is 0.341 e. The second kappa shape index (κ2) is 8.02. The van der Waals surface area contributed by atoms with Crippen LogP contribution in [0.5, 0.6) is 0 Å². The van der Waals surface area contributed by atoms with Gasteiger partial charge in [-0.3, -0.25) is 4.79 Å². The van der Waals surface area contributed by atoms with Crippen molar-refractivity contribution >= 4 is 44.4 Å². The molecule has 3 aromatic rings. The zero-order valence-corrected chi connectivity index (χ0v) is 17.8. The summed E-state index contributed by atoms with van der Waals surface area (Å²) in [7, 11) is 0. The Kier molecular flexibility index (Phi) is 5.42.